The first kappa shape index (κ1) is 18.9. The molecule has 1 aromatic rings. The van der Waals surface area contributed by atoms with Crippen molar-refractivity contribution in [1.82, 2.24) is 10.0 Å². The lowest BCUT2D eigenvalue weighted by atomic mass is 10.1. The van der Waals surface area contributed by atoms with Gasteiger partial charge in [0.05, 0.1) is 17.0 Å². The molecule has 114 valence electrons. The summed E-state index contributed by atoms with van der Waals surface area (Å²) in [7, 11) is -2.08. The molecule has 0 fully saturated rings. The first-order valence-corrected chi connectivity index (χ1v) is 7.35. The van der Waals surface area contributed by atoms with Crippen LogP contribution in [0.5, 0.6) is 0 Å². The first-order valence-electron chi connectivity index (χ1n) is 5.87. The van der Waals surface area contributed by atoms with Crippen molar-refractivity contribution in [1.29, 1.82) is 0 Å². The first-order chi connectivity index (χ1) is 8.77. The van der Waals surface area contributed by atoms with Gasteiger partial charge in [-0.3, -0.25) is 4.79 Å². The standard InChI is InChI=1S/C12H19N3O3S.ClH/c1-8(13)12(16)15-9(2)10-4-6-11(7-5-10)19(17,18)14-3;/h4-9,14H,13H2,1-3H3,(H,15,16);1H/t8-,9?;/m0./s1. The molecule has 0 saturated heterocycles. The zero-order valence-corrected chi connectivity index (χ0v) is 13.2. The minimum absolute atomic E-state index is 0. The molecule has 4 N–H and O–H groups in total. The Hall–Kier alpha value is -1.15. The summed E-state index contributed by atoms with van der Waals surface area (Å²) >= 11 is 0. The molecule has 1 aromatic carbocycles. The van der Waals surface area contributed by atoms with Crippen LogP contribution < -0.4 is 15.8 Å². The average molecular weight is 322 g/mol. The van der Waals surface area contributed by atoms with Crippen molar-refractivity contribution in [3.05, 3.63) is 29.8 Å². The van der Waals surface area contributed by atoms with Crippen LogP contribution in [0.4, 0.5) is 0 Å². The molecule has 1 rings (SSSR count). The van der Waals surface area contributed by atoms with E-state index in [2.05, 4.69) is 10.0 Å². The Morgan fingerprint density at radius 1 is 1.20 bits per heavy atom. The van der Waals surface area contributed by atoms with Crippen LogP contribution in [0.25, 0.3) is 0 Å². The Morgan fingerprint density at radius 3 is 2.10 bits per heavy atom. The summed E-state index contributed by atoms with van der Waals surface area (Å²) in [6.45, 7) is 3.41. The molecule has 1 amide bonds. The number of nitrogens with two attached hydrogens (primary N) is 1. The van der Waals surface area contributed by atoms with E-state index in [1.807, 2.05) is 6.92 Å². The van der Waals surface area contributed by atoms with Gasteiger partial charge in [-0.2, -0.15) is 0 Å². The van der Waals surface area contributed by atoms with Gasteiger partial charge < -0.3 is 11.1 Å². The van der Waals surface area contributed by atoms with E-state index in [-0.39, 0.29) is 29.3 Å². The van der Waals surface area contributed by atoms with E-state index < -0.39 is 16.1 Å². The number of rotatable bonds is 5. The van der Waals surface area contributed by atoms with Crippen LogP contribution in [0.2, 0.25) is 0 Å². The van der Waals surface area contributed by atoms with Gasteiger partial charge in [0.2, 0.25) is 15.9 Å². The van der Waals surface area contributed by atoms with Gasteiger partial charge in [-0.15, -0.1) is 12.4 Å². The van der Waals surface area contributed by atoms with Crippen LogP contribution in [0.15, 0.2) is 29.2 Å². The van der Waals surface area contributed by atoms with Crippen LogP contribution in [-0.2, 0) is 14.8 Å². The van der Waals surface area contributed by atoms with Gasteiger partial charge in [0.1, 0.15) is 0 Å². The van der Waals surface area contributed by atoms with Gasteiger partial charge in [0.15, 0.2) is 0 Å². The van der Waals surface area contributed by atoms with E-state index in [4.69, 9.17) is 5.73 Å². The predicted molar refractivity (Wildman–Crippen MR) is 80.1 cm³/mol. The summed E-state index contributed by atoms with van der Waals surface area (Å²) in [6, 6.07) is 5.51. The van der Waals surface area contributed by atoms with E-state index in [1.54, 1.807) is 19.1 Å². The third-order valence-corrected chi connectivity index (χ3v) is 4.16. The van der Waals surface area contributed by atoms with Crippen LogP contribution in [0, 0.1) is 0 Å². The highest BCUT2D eigenvalue weighted by Gasteiger charge is 2.14. The molecule has 8 heteroatoms. The van der Waals surface area contributed by atoms with Crippen LogP contribution in [0.3, 0.4) is 0 Å². The molecule has 6 nitrogen and oxygen atoms in total. The molecular weight excluding hydrogens is 302 g/mol. The zero-order valence-electron chi connectivity index (χ0n) is 11.6. The van der Waals surface area contributed by atoms with Crippen LogP contribution in [-0.4, -0.2) is 27.4 Å². The number of carbonyl (C=O) groups is 1. The highest BCUT2D eigenvalue weighted by molar-refractivity contribution is 7.89. The van der Waals surface area contributed by atoms with Crippen LogP contribution >= 0.6 is 12.4 Å². The molecule has 20 heavy (non-hydrogen) atoms. The smallest absolute Gasteiger partial charge is 0.240 e. The maximum absolute atomic E-state index is 11.6. The van der Waals surface area contributed by atoms with Crippen LogP contribution in [0.1, 0.15) is 25.5 Å². The second kappa shape index (κ2) is 7.58. The molecule has 1 unspecified atom stereocenters. The normalized spacial score (nSPS) is 14.0. The Balaban J connectivity index is 0.00000361. The number of amides is 1. The largest absolute Gasteiger partial charge is 0.348 e. The topological polar surface area (TPSA) is 101 Å². The van der Waals surface area contributed by atoms with E-state index >= 15 is 0 Å². The number of nitrogens with one attached hydrogen (secondary N) is 2. The second-order valence-electron chi connectivity index (χ2n) is 4.30. The lowest BCUT2D eigenvalue weighted by Gasteiger charge is -2.16. The van der Waals surface area contributed by atoms with Gasteiger partial charge in [0.25, 0.3) is 0 Å². The minimum Gasteiger partial charge on any atom is -0.348 e. The number of halogens is 1. The summed E-state index contributed by atoms with van der Waals surface area (Å²) in [5.41, 5.74) is 6.27. The summed E-state index contributed by atoms with van der Waals surface area (Å²) in [5, 5.41) is 2.74. The quantitative estimate of drug-likeness (QED) is 0.736. The third kappa shape index (κ3) is 4.75. The Labute approximate surface area is 125 Å². The zero-order chi connectivity index (χ0) is 14.6. The van der Waals surface area contributed by atoms with Gasteiger partial charge in [0, 0.05) is 0 Å². The fourth-order valence-electron chi connectivity index (χ4n) is 1.48. The van der Waals surface area contributed by atoms with E-state index in [0.29, 0.717) is 0 Å². The van der Waals surface area contributed by atoms with Crippen molar-refractivity contribution >= 4 is 28.3 Å². The number of hydrogen-bond acceptors (Lipinski definition) is 4. The van der Waals surface area contributed by atoms with Crippen molar-refractivity contribution in [2.45, 2.75) is 30.8 Å². The van der Waals surface area contributed by atoms with Crippen molar-refractivity contribution in [3.63, 3.8) is 0 Å². The maximum Gasteiger partial charge on any atom is 0.240 e. The summed E-state index contributed by atoms with van der Waals surface area (Å²) in [6.07, 6.45) is 0. The van der Waals surface area contributed by atoms with Gasteiger partial charge in [-0.25, -0.2) is 13.1 Å². The van der Waals surface area contributed by atoms with Crippen molar-refractivity contribution in [3.8, 4) is 0 Å². The van der Waals surface area contributed by atoms with E-state index in [9.17, 15) is 13.2 Å². The molecule has 2 atom stereocenters. The molecule has 0 spiro atoms. The number of hydrogen-bond donors (Lipinski definition) is 3. The Kier molecular flexibility index (Phi) is 7.15. The SMILES string of the molecule is CNS(=O)(=O)c1ccc(C(C)NC(=O)[C@H](C)N)cc1.Cl. The van der Waals surface area contributed by atoms with Crippen molar-refractivity contribution < 1.29 is 13.2 Å². The summed E-state index contributed by atoms with van der Waals surface area (Å²) in [5.74, 6) is -0.251. The van der Waals surface area contributed by atoms with Gasteiger partial charge in [-0.05, 0) is 38.6 Å². The Bertz CT molecular complexity index is 544. The monoisotopic (exact) mass is 321 g/mol. The molecule has 0 aliphatic heterocycles. The fourth-order valence-corrected chi connectivity index (χ4v) is 2.21. The summed E-state index contributed by atoms with van der Waals surface area (Å²) in [4.78, 5) is 11.6. The molecule has 0 aliphatic carbocycles. The number of sulfonamides is 1. The average Bonchev–Trinajstić information content (AvgIpc) is 2.38. The molecule has 0 aromatic heterocycles. The van der Waals surface area contributed by atoms with E-state index in [1.165, 1.54) is 19.2 Å². The van der Waals surface area contributed by atoms with Crippen molar-refractivity contribution in [2.24, 2.45) is 5.73 Å². The number of carbonyl (C=O) groups excluding carboxylic acids is 1. The minimum atomic E-state index is -3.43. The predicted octanol–water partition coefficient (Wildman–Crippen LogP) is 0.541. The molecule has 0 radical (unpaired) electrons. The molecule has 0 bridgehead atoms. The maximum atomic E-state index is 11.6. The highest BCUT2D eigenvalue weighted by Crippen LogP contribution is 2.16. The highest BCUT2D eigenvalue weighted by atomic mass is 35.5. The van der Waals surface area contributed by atoms with Crippen molar-refractivity contribution in [2.75, 3.05) is 7.05 Å². The molecule has 0 heterocycles. The number of benzene rings is 1. The molecular formula is C12H20ClN3O3S. The van der Waals surface area contributed by atoms with E-state index in [0.717, 1.165) is 5.56 Å². The fraction of sp³-hybridized carbons (Fsp3) is 0.417. The van der Waals surface area contributed by atoms with Gasteiger partial charge >= 0.3 is 0 Å². The molecule has 0 saturated carbocycles. The van der Waals surface area contributed by atoms with Gasteiger partial charge in [-0.1, -0.05) is 12.1 Å². The summed E-state index contributed by atoms with van der Waals surface area (Å²) < 4.78 is 25.3. The second-order valence-corrected chi connectivity index (χ2v) is 6.18. The lowest BCUT2D eigenvalue weighted by molar-refractivity contribution is -0.122. The lowest BCUT2D eigenvalue weighted by Crippen LogP contribution is -2.39. The Morgan fingerprint density at radius 2 is 1.70 bits per heavy atom. The third-order valence-electron chi connectivity index (χ3n) is 2.73. The molecule has 0 aliphatic rings.